The van der Waals surface area contributed by atoms with Gasteiger partial charge in [-0.25, -0.2) is 9.78 Å². The van der Waals surface area contributed by atoms with E-state index in [1.165, 1.54) is 5.56 Å². The summed E-state index contributed by atoms with van der Waals surface area (Å²) < 4.78 is 0. The molecule has 0 fully saturated rings. The van der Waals surface area contributed by atoms with E-state index in [4.69, 9.17) is 0 Å². The van der Waals surface area contributed by atoms with Crippen LogP contribution in [0.2, 0.25) is 0 Å². The Kier molecular flexibility index (Phi) is 5.95. The minimum atomic E-state index is 0.0135. The van der Waals surface area contributed by atoms with Gasteiger partial charge in [-0.3, -0.25) is 0 Å². The van der Waals surface area contributed by atoms with Gasteiger partial charge in [-0.2, -0.15) is 0 Å². The molecule has 0 aliphatic carbocycles. The monoisotopic (exact) mass is 317 g/mol. The van der Waals surface area contributed by atoms with E-state index in [0.717, 1.165) is 35.8 Å². The number of aromatic nitrogens is 1. The summed E-state index contributed by atoms with van der Waals surface area (Å²) in [5, 5.41) is 6.12. The van der Waals surface area contributed by atoms with E-state index in [-0.39, 0.29) is 6.03 Å². The van der Waals surface area contributed by atoms with Crippen LogP contribution in [0.15, 0.2) is 29.6 Å². The van der Waals surface area contributed by atoms with Crippen LogP contribution in [0.5, 0.6) is 0 Å². The molecule has 4 nitrogen and oxygen atoms in total. The topological polar surface area (TPSA) is 45.2 Å². The third-order valence-corrected chi connectivity index (χ3v) is 4.38. The van der Waals surface area contributed by atoms with Gasteiger partial charge < -0.3 is 10.2 Å². The van der Waals surface area contributed by atoms with Crippen LogP contribution in [0.25, 0.3) is 11.3 Å². The number of carbonyl (C=O) groups excluding carboxylic acids is 1. The van der Waals surface area contributed by atoms with Crippen molar-refractivity contribution in [3.05, 3.63) is 40.2 Å². The Morgan fingerprint density at radius 3 is 2.45 bits per heavy atom. The van der Waals surface area contributed by atoms with Crippen LogP contribution in [0.4, 0.5) is 4.79 Å². The summed E-state index contributed by atoms with van der Waals surface area (Å²) in [5.41, 5.74) is 3.39. The van der Waals surface area contributed by atoms with Crippen molar-refractivity contribution in [3.63, 3.8) is 0 Å². The van der Waals surface area contributed by atoms with Gasteiger partial charge in [-0.1, -0.05) is 24.3 Å². The second-order valence-corrected chi connectivity index (χ2v) is 6.17. The zero-order valence-electron chi connectivity index (χ0n) is 13.4. The van der Waals surface area contributed by atoms with Crippen molar-refractivity contribution in [1.82, 2.24) is 15.2 Å². The summed E-state index contributed by atoms with van der Waals surface area (Å²) in [7, 11) is 0. The Morgan fingerprint density at radius 2 is 1.91 bits per heavy atom. The number of hydrogen-bond donors (Lipinski definition) is 1. The number of nitrogens with one attached hydrogen (secondary N) is 1. The molecule has 1 heterocycles. The lowest BCUT2D eigenvalue weighted by Gasteiger charge is -2.19. The van der Waals surface area contributed by atoms with Crippen LogP contribution in [-0.4, -0.2) is 35.5 Å². The van der Waals surface area contributed by atoms with Gasteiger partial charge in [0.1, 0.15) is 0 Å². The lowest BCUT2D eigenvalue weighted by molar-refractivity contribution is 0.203. The van der Waals surface area contributed by atoms with Gasteiger partial charge in [0.15, 0.2) is 0 Å². The molecule has 0 aliphatic rings. The standard InChI is InChI=1S/C17H23N3OS/c1-4-20(5-2)17(21)18-11-10-14-6-8-15(9-7-14)16-12-22-13(3)19-16/h6-9,12H,4-5,10-11H2,1-3H3,(H,18,21). The average molecular weight is 317 g/mol. The van der Waals surface area contributed by atoms with Crippen molar-refractivity contribution < 1.29 is 4.79 Å². The molecule has 0 saturated heterocycles. The SMILES string of the molecule is CCN(CC)C(=O)NCCc1ccc(-c2csc(C)n2)cc1. The fourth-order valence-electron chi connectivity index (χ4n) is 2.27. The quantitative estimate of drug-likeness (QED) is 0.882. The molecular formula is C17H23N3OS. The fourth-order valence-corrected chi connectivity index (χ4v) is 2.90. The summed E-state index contributed by atoms with van der Waals surface area (Å²) in [5.74, 6) is 0. The molecule has 0 unspecified atom stereocenters. The van der Waals surface area contributed by atoms with Crippen LogP contribution in [-0.2, 0) is 6.42 Å². The number of benzene rings is 1. The Bertz CT molecular complexity index is 603. The molecule has 0 saturated carbocycles. The van der Waals surface area contributed by atoms with Crippen molar-refractivity contribution >= 4 is 17.4 Å². The van der Waals surface area contributed by atoms with Gasteiger partial charge in [0.05, 0.1) is 10.7 Å². The Morgan fingerprint density at radius 1 is 1.23 bits per heavy atom. The molecule has 22 heavy (non-hydrogen) atoms. The van der Waals surface area contributed by atoms with E-state index >= 15 is 0 Å². The number of nitrogens with zero attached hydrogens (tertiary/aromatic N) is 2. The molecular weight excluding hydrogens is 294 g/mol. The number of amides is 2. The highest BCUT2D eigenvalue weighted by Gasteiger charge is 2.08. The van der Waals surface area contributed by atoms with E-state index in [1.807, 2.05) is 20.8 Å². The Hall–Kier alpha value is -1.88. The first kappa shape index (κ1) is 16.5. The van der Waals surface area contributed by atoms with Gasteiger partial charge >= 0.3 is 6.03 Å². The highest BCUT2D eigenvalue weighted by atomic mass is 32.1. The van der Waals surface area contributed by atoms with Crippen molar-refractivity contribution in [1.29, 1.82) is 0 Å². The molecule has 2 amide bonds. The maximum atomic E-state index is 11.8. The summed E-state index contributed by atoms with van der Waals surface area (Å²) >= 11 is 1.66. The number of rotatable bonds is 6. The number of carbonyl (C=O) groups is 1. The molecule has 0 atom stereocenters. The normalized spacial score (nSPS) is 10.5. The fraction of sp³-hybridized carbons (Fsp3) is 0.412. The van der Waals surface area contributed by atoms with Gasteiger partial charge in [0, 0.05) is 30.6 Å². The number of urea groups is 1. The van der Waals surface area contributed by atoms with Crippen LogP contribution < -0.4 is 5.32 Å². The third-order valence-electron chi connectivity index (χ3n) is 3.61. The Balaban J connectivity index is 1.85. The lowest BCUT2D eigenvalue weighted by Crippen LogP contribution is -2.40. The first-order chi connectivity index (χ1) is 10.6. The zero-order chi connectivity index (χ0) is 15.9. The van der Waals surface area contributed by atoms with Crippen LogP contribution in [0.1, 0.15) is 24.4 Å². The molecule has 5 heteroatoms. The molecule has 0 aliphatic heterocycles. The lowest BCUT2D eigenvalue weighted by atomic mass is 10.1. The first-order valence-electron chi connectivity index (χ1n) is 7.68. The van der Waals surface area contributed by atoms with Gasteiger partial charge in [0.2, 0.25) is 0 Å². The largest absolute Gasteiger partial charge is 0.338 e. The zero-order valence-corrected chi connectivity index (χ0v) is 14.2. The van der Waals surface area contributed by atoms with Crippen LogP contribution in [0, 0.1) is 6.92 Å². The highest BCUT2D eigenvalue weighted by molar-refractivity contribution is 7.09. The summed E-state index contributed by atoms with van der Waals surface area (Å²) in [6.45, 7) is 8.13. The molecule has 0 spiro atoms. The second-order valence-electron chi connectivity index (χ2n) is 5.10. The van der Waals surface area contributed by atoms with Crippen molar-refractivity contribution in [2.45, 2.75) is 27.2 Å². The van der Waals surface area contributed by atoms with E-state index in [0.29, 0.717) is 6.54 Å². The van der Waals surface area contributed by atoms with Crippen LogP contribution >= 0.6 is 11.3 Å². The number of thiazole rings is 1. The van der Waals surface area contributed by atoms with Crippen molar-refractivity contribution in [3.8, 4) is 11.3 Å². The average Bonchev–Trinajstić information content (AvgIpc) is 2.96. The predicted octanol–water partition coefficient (Wildman–Crippen LogP) is 3.71. The molecule has 1 N–H and O–H groups in total. The Labute approximate surface area is 136 Å². The molecule has 1 aromatic heterocycles. The second kappa shape index (κ2) is 7.94. The third kappa shape index (κ3) is 4.31. The smallest absolute Gasteiger partial charge is 0.317 e. The van der Waals surface area contributed by atoms with Gasteiger partial charge in [-0.15, -0.1) is 11.3 Å². The number of aryl methyl sites for hydroxylation is 1. The molecule has 0 bridgehead atoms. The summed E-state index contributed by atoms with van der Waals surface area (Å²) in [4.78, 5) is 18.1. The van der Waals surface area contributed by atoms with E-state index in [2.05, 4.69) is 39.9 Å². The predicted molar refractivity (Wildman–Crippen MR) is 92.3 cm³/mol. The molecule has 2 rings (SSSR count). The maximum absolute atomic E-state index is 11.8. The van der Waals surface area contributed by atoms with Gasteiger partial charge in [-0.05, 0) is 32.8 Å². The molecule has 118 valence electrons. The molecule has 1 aromatic carbocycles. The molecule has 2 aromatic rings. The van der Waals surface area contributed by atoms with Gasteiger partial charge in [0.25, 0.3) is 0 Å². The van der Waals surface area contributed by atoms with E-state index in [9.17, 15) is 4.79 Å². The van der Waals surface area contributed by atoms with Crippen molar-refractivity contribution in [2.24, 2.45) is 0 Å². The van der Waals surface area contributed by atoms with E-state index < -0.39 is 0 Å². The van der Waals surface area contributed by atoms with Crippen molar-refractivity contribution in [2.75, 3.05) is 19.6 Å². The summed E-state index contributed by atoms with van der Waals surface area (Å²) in [6, 6.07) is 8.41. The number of hydrogen-bond acceptors (Lipinski definition) is 3. The minimum Gasteiger partial charge on any atom is -0.338 e. The van der Waals surface area contributed by atoms with Crippen LogP contribution in [0.3, 0.4) is 0 Å². The summed E-state index contributed by atoms with van der Waals surface area (Å²) in [6.07, 6.45) is 0.837. The maximum Gasteiger partial charge on any atom is 0.317 e. The highest BCUT2D eigenvalue weighted by Crippen LogP contribution is 2.21. The van der Waals surface area contributed by atoms with E-state index in [1.54, 1.807) is 16.2 Å². The first-order valence-corrected chi connectivity index (χ1v) is 8.56. The minimum absolute atomic E-state index is 0.0135. The molecule has 0 radical (unpaired) electrons.